The molecule has 1 aromatic rings. The predicted molar refractivity (Wildman–Crippen MR) is 65.2 cm³/mol. The lowest BCUT2D eigenvalue weighted by atomic mass is 9.96. The monoisotopic (exact) mass is 283 g/mol. The highest BCUT2D eigenvalue weighted by molar-refractivity contribution is 9.10. The molecule has 2 heterocycles. The molecule has 0 spiro atoms. The summed E-state index contributed by atoms with van der Waals surface area (Å²) in [7, 11) is 0. The third-order valence-corrected chi connectivity index (χ3v) is 4.40. The van der Waals surface area contributed by atoms with E-state index in [1.807, 2.05) is 0 Å². The van der Waals surface area contributed by atoms with Gasteiger partial charge in [0, 0.05) is 16.6 Å². The average molecular weight is 284 g/mol. The second-order valence-electron chi connectivity index (χ2n) is 4.33. The SMILES string of the molecule is Cc1c(Br)c(C2CCNC2)cc2c1OCO2. The Bertz CT molecular complexity index is 428. The van der Waals surface area contributed by atoms with Crippen LogP contribution >= 0.6 is 15.9 Å². The maximum absolute atomic E-state index is 5.47. The Hall–Kier alpha value is -0.740. The van der Waals surface area contributed by atoms with E-state index < -0.39 is 0 Å². The molecule has 2 aliphatic rings. The quantitative estimate of drug-likeness (QED) is 0.859. The molecule has 0 radical (unpaired) electrons. The van der Waals surface area contributed by atoms with Crippen molar-refractivity contribution in [1.82, 2.24) is 5.32 Å². The highest BCUT2D eigenvalue weighted by Gasteiger charge is 2.26. The summed E-state index contributed by atoms with van der Waals surface area (Å²) in [6.07, 6.45) is 1.19. The van der Waals surface area contributed by atoms with E-state index in [2.05, 4.69) is 34.2 Å². The van der Waals surface area contributed by atoms with Crippen molar-refractivity contribution in [3.63, 3.8) is 0 Å². The van der Waals surface area contributed by atoms with Crippen molar-refractivity contribution in [1.29, 1.82) is 0 Å². The number of hydrogen-bond acceptors (Lipinski definition) is 3. The first kappa shape index (κ1) is 10.4. The van der Waals surface area contributed by atoms with Crippen LogP contribution in [0, 0.1) is 6.92 Å². The van der Waals surface area contributed by atoms with Gasteiger partial charge in [0.15, 0.2) is 11.5 Å². The second-order valence-corrected chi connectivity index (χ2v) is 5.12. The third-order valence-electron chi connectivity index (χ3n) is 3.35. The fourth-order valence-electron chi connectivity index (χ4n) is 2.43. The normalized spacial score (nSPS) is 22.8. The van der Waals surface area contributed by atoms with Crippen LogP contribution in [0.3, 0.4) is 0 Å². The lowest BCUT2D eigenvalue weighted by Gasteiger charge is -2.14. The summed E-state index contributed by atoms with van der Waals surface area (Å²) >= 11 is 3.68. The fourth-order valence-corrected chi connectivity index (χ4v) is 3.05. The van der Waals surface area contributed by atoms with Gasteiger partial charge in [-0.15, -0.1) is 0 Å². The van der Waals surface area contributed by atoms with Crippen molar-refractivity contribution >= 4 is 15.9 Å². The molecule has 0 aliphatic carbocycles. The maximum atomic E-state index is 5.47. The molecule has 2 aliphatic heterocycles. The summed E-state index contributed by atoms with van der Waals surface area (Å²) in [4.78, 5) is 0. The van der Waals surface area contributed by atoms with Gasteiger partial charge in [-0.1, -0.05) is 15.9 Å². The Labute approximate surface area is 103 Å². The molecule has 4 heteroatoms. The molecule has 3 rings (SSSR count). The zero-order valence-corrected chi connectivity index (χ0v) is 10.8. The van der Waals surface area contributed by atoms with E-state index >= 15 is 0 Å². The summed E-state index contributed by atoms with van der Waals surface area (Å²) in [5.41, 5.74) is 2.49. The van der Waals surface area contributed by atoms with Gasteiger partial charge < -0.3 is 14.8 Å². The van der Waals surface area contributed by atoms with Gasteiger partial charge in [-0.25, -0.2) is 0 Å². The molecule has 0 aromatic heterocycles. The van der Waals surface area contributed by atoms with Crippen molar-refractivity contribution in [2.45, 2.75) is 19.3 Å². The molecule has 1 N–H and O–H groups in total. The first-order chi connectivity index (χ1) is 7.77. The van der Waals surface area contributed by atoms with E-state index in [1.54, 1.807) is 0 Å². The smallest absolute Gasteiger partial charge is 0.231 e. The lowest BCUT2D eigenvalue weighted by molar-refractivity contribution is 0.173. The van der Waals surface area contributed by atoms with Crippen molar-refractivity contribution in [3.05, 3.63) is 21.7 Å². The summed E-state index contributed by atoms with van der Waals surface area (Å²) in [6.45, 7) is 4.57. The molecule has 0 bridgehead atoms. The molecule has 1 unspecified atom stereocenters. The van der Waals surface area contributed by atoms with Gasteiger partial charge in [0.25, 0.3) is 0 Å². The van der Waals surface area contributed by atoms with Crippen LogP contribution in [0.5, 0.6) is 11.5 Å². The number of rotatable bonds is 1. The van der Waals surface area contributed by atoms with Crippen LogP contribution in [0.1, 0.15) is 23.5 Å². The molecule has 16 heavy (non-hydrogen) atoms. The summed E-state index contributed by atoms with van der Waals surface area (Å²) < 4.78 is 12.1. The minimum Gasteiger partial charge on any atom is -0.454 e. The van der Waals surface area contributed by atoms with Gasteiger partial charge in [0.05, 0.1) is 0 Å². The Morgan fingerprint density at radius 1 is 1.44 bits per heavy atom. The van der Waals surface area contributed by atoms with Crippen LogP contribution in [-0.4, -0.2) is 19.9 Å². The predicted octanol–water partition coefficient (Wildman–Crippen LogP) is 2.56. The third kappa shape index (κ3) is 1.52. The van der Waals surface area contributed by atoms with Crippen LogP contribution in [0.4, 0.5) is 0 Å². The Morgan fingerprint density at radius 2 is 2.31 bits per heavy atom. The van der Waals surface area contributed by atoms with Gasteiger partial charge >= 0.3 is 0 Å². The largest absolute Gasteiger partial charge is 0.454 e. The summed E-state index contributed by atoms with van der Waals surface area (Å²) in [6, 6.07) is 2.12. The van der Waals surface area contributed by atoms with E-state index in [0.717, 1.165) is 30.2 Å². The highest BCUT2D eigenvalue weighted by atomic mass is 79.9. The van der Waals surface area contributed by atoms with Crippen molar-refractivity contribution in [2.75, 3.05) is 19.9 Å². The van der Waals surface area contributed by atoms with E-state index in [0.29, 0.717) is 12.7 Å². The van der Waals surface area contributed by atoms with Gasteiger partial charge in [-0.3, -0.25) is 0 Å². The number of ether oxygens (including phenoxy) is 2. The van der Waals surface area contributed by atoms with E-state index in [1.165, 1.54) is 16.5 Å². The Kier molecular flexibility index (Phi) is 2.56. The van der Waals surface area contributed by atoms with Crippen molar-refractivity contribution in [3.8, 4) is 11.5 Å². The molecule has 0 amide bonds. The fraction of sp³-hybridized carbons (Fsp3) is 0.500. The van der Waals surface area contributed by atoms with Crippen LogP contribution < -0.4 is 14.8 Å². The average Bonchev–Trinajstić information content (AvgIpc) is 2.92. The van der Waals surface area contributed by atoms with Crippen LogP contribution in [0.25, 0.3) is 0 Å². The molecule has 3 nitrogen and oxygen atoms in total. The molecule has 1 fully saturated rings. The number of halogens is 1. The molecule has 86 valence electrons. The minimum atomic E-state index is 0.342. The molecular formula is C12H14BrNO2. The second kappa shape index (κ2) is 3.93. The zero-order chi connectivity index (χ0) is 11.1. The maximum Gasteiger partial charge on any atom is 0.231 e. The molecule has 0 saturated carbocycles. The van der Waals surface area contributed by atoms with E-state index in [9.17, 15) is 0 Å². The number of benzene rings is 1. The summed E-state index contributed by atoms with van der Waals surface area (Å²) in [5.74, 6) is 2.37. The lowest BCUT2D eigenvalue weighted by Crippen LogP contribution is -2.08. The number of hydrogen-bond donors (Lipinski definition) is 1. The zero-order valence-electron chi connectivity index (χ0n) is 9.18. The number of nitrogens with one attached hydrogen (secondary N) is 1. The number of fused-ring (bicyclic) bond motifs is 1. The van der Waals surface area contributed by atoms with E-state index in [-0.39, 0.29) is 0 Å². The summed E-state index contributed by atoms with van der Waals surface area (Å²) in [5, 5.41) is 3.39. The van der Waals surface area contributed by atoms with Crippen LogP contribution in [0.2, 0.25) is 0 Å². The van der Waals surface area contributed by atoms with E-state index in [4.69, 9.17) is 9.47 Å². The van der Waals surface area contributed by atoms with Crippen LogP contribution in [-0.2, 0) is 0 Å². The van der Waals surface area contributed by atoms with Gasteiger partial charge in [0.2, 0.25) is 6.79 Å². The molecule has 1 aromatic carbocycles. The standard InChI is InChI=1S/C12H14BrNO2/c1-7-11(13)9(8-2-3-14-5-8)4-10-12(7)16-6-15-10/h4,8,14H,2-3,5-6H2,1H3. The topological polar surface area (TPSA) is 30.5 Å². The minimum absolute atomic E-state index is 0.342. The van der Waals surface area contributed by atoms with Gasteiger partial charge in [0.1, 0.15) is 0 Å². The first-order valence-corrected chi connectivity index (χ1v) is 6.36. The molecule has 1 saturated heterocycles. The van der Waals surface area contributed by atoms with Crippen LogP contribution in [0.15, 0.2) is 10.5 Å². The van der Waals surface area contributed by atoms with Crippen molar-refractivity contribution < 1.29 is 9.47 Å². The molecular weight excluding hydrogens is 270 g/mol. The first-order valence-electron chi connectivity index (χ1n) is 5.56. The Morgan fingerprint density at radius 3 is 3.06 bits per heavy atom. The van der Waals surface area contributed by atoms with Gasteiger partial charge in [-0.2, -0.15) is 0 Å². The highest BCUT2D eigenvalue weighted by Crippen LogP contribution is 2.44. The van der Waals surface area contributed by atoms with Gasteiger partial charge in [-0.05, 0) is 37.4 Å². The van der Waals surface area contributed by atoms with Crippen molar-refractivity contribution in [2.24, 2.45) is 0 Å². The molecule has 1 atom stereocenters. The Balaban J connectivity index is 2.08.